The number of nitrogens with one attached hydrogen (secondary N) is 2. The zero-order valence-corrected chi connectivity index (χ0v) is 20.4. The van der Waals surface area contributed by atoms with Crippen molar-refractivity contribution in [3.8, 4) is 0 Å². The predicted molar refractivity (Wildman–Crippen MR) is 130 cm³/mol. The molecule has 0 radical (unpaired) electrons. The summed E-state index contributed by atoms with van der Waals surface area (Å²) in [5.74, 6) is 1.64. The molecule has 1 aliphatic carbocycles. The highest BCUT2D eigenvalue weighted by molar-refractivity contribution is 14.0. The molecule has 3 aromatic rings. The Hall–Kier alpha value is -1.68. The van der Waals surface area contributed by atoms with E-state index < -0.39 is 0 Å². The molecule has 3 aromatic heterocycles. The molecule has 3 heterocycles. The number of hydrogen-bond donors (Lipinski definition) is 2. The fourth-order valence-electron chi connectivity index (χ4n) is 3.69. The van der Waals surface area contributed by atoms with Crippen molar-refractivity contribution in [3.63, 3.8) is 0 Å². The molecule has 0 aliphatic heterocycles. The number of hydrogen-bond acceptors (Lipinski definition) is 4. The Bertz CT molecular complexity index is 990. The van der Waals surface area contributed by atoms with Crippen LogP contribution in [0.2, 0.25) is 0 Å². The van der Waals surface area contributed by atoms with Crippen molar-refractivity contribution >= 4 is 46.9 Å². The average molecular weight is 524 g/mol. The zero-order chi connectivity index (χ0) is 19.6. The second-order valence-electron chi connectivity index (χ2n) is 8.10. The van der Waals surface area contributed by atoms with Gasteiger partial charge in [0.05, 0.1) is 6.54 Å². The van der Waals surface area contributed by atoms with Crippen molar-refractivity contribution in [2.24, 2.45) is 10.4 Å². The number of fused-ring (bicyclic) bond motifs is 2. The lowest BCUT2D eigenvalue weighted by atomic mass is 9.77. The summed E-state index contributed by atoms with van der Waals surface area (Å²) in [6, 6.07) is 8.27. The summed E-state index contributed by atoms with van der Waals surface area (Å²) < 4.78 is 1.97. The molecule has 8 heteroatoms. The van der Waals surface area contributed by atoms with Crippen molar-refractivity contribution in [2.75, 3.05) is 6.54 Å². The summed E-state index contributed by atoms with van der Waals surface area (Å²) in [4.78, 5) is 7.64. The van der Waals surface area contributed by atoms with E-state index in [4.69, 9.17) is 4.99 Å². The molecule has 0 amide bonds. The van der Waals surface area contributed by atoms with Gasteiger partial charge in [0.2, 0.25) is 0 Å². The highest BCUT2D eigenvalue weighted by atomic mass is 127. The summed E-state index contributed by atoms with van der Waals surface area (Å²) in [6.07, 6.45) is 5.65. The molecule has 6 nitrogen and oxygen atoms in total. The van der Waals surface area contributed by atoms with Crippen LogP contribution >= 0.6 is 35.3 Å². The number of pyridine rings is 1. The third kappa shape index (κ3) is 5.28. The predicted octanol–water partition coefficient (Wildman–Crippen LogP) is 4.18. The summed E-state index contributed by atoms with van der Waals surface area (Å²) in [5.41, 5.74) is 2.81. The first kappa shape index (κ1) is 22.0. The monoisotopic (exact) mass is 524 g/mol. The molecule has 0 spiro atoms. The quantitative estimate of drug-likeness (QED) is 0.299. The van der Waals surface area contributed by atoms with Crippen LogP contribution in [0.15, 0.2) is 35.5 Å². The van der Waals surface area contributed by atoms with Crippen molar-refractivity contribution in [3.05, 3.63) is 51.6 Å². The van der Waals surface area contributed by atoms with E-state index in [9.17, 15) is 0 Å². The number of thiophene rings is 1. The summed E-state index contributed by atoms with van der Waals surface area (Å²) in [5, 5.41) is 15.2. The third-order valence-corrected chi connectivity index (χ3v) is 6.42. The van der Waals surface area contributed by atoms with Gasteiger partial charge in [-0.2, -0.15) is 0 Å². The van der Waals surface area contributed by atoms with Crippen LogP contribution in [-0.2, 0) is 25.9 Å². The first-order chi connectivity index (χ1) is 13.5. The number of aromatic nitrogens is 3. The smallest absolute Gasteiger partial charge is 0.191 e. The molecule has 29 heavy (non-hydrogen) atoms. The van der Waals surface area contributed by atoms with Crippen LogP contribution in [0.3, 0.4) is 0 Å². The molecule has 2 N–H and O–H groups in total. The van der Waals surface area contributed by atoms with Gasteiger partial charge in [0.1, 0.15) is 6.54 Å². The van der Waals surface area contributed by atoms with Gasteiger partial charge in [0.15, 0.2) is 17.4 Å². The molecule has 0 atom stereocenters. The van der Waals surface area contributed by atoms with E-state index in [2.05, 4.69) is 47.7 Å². The second kappa shape index (κ2) is 9.42. The topological polar surface area (TPSA) is 66.6 Å². The SMILES string of the molecule is CCNC(=NCc1nnc2ccccn12)NCc1cc2c(s1)CCC(C)(C)C2.I. The van der Waals surface area contributed by atoms with Gasteiger partial charge in [0.25, 0.3) is 0 Å². The minimum Gasteiger partial charge on any atom is -0.357 e. The largest absolute Gasteiger partial charge is 0.357 e. The minimum atomic E-state index is 0. The van der Waals surface area contributed by atoms with E-state index in [1.54, 1.807) is 4.88 Å². The Labute approximate surface area is 193 Å². The molecular formula is C21H29IN6S. The van der Waals surface area contributed by atoms with Crippen molar-refractivity contribution < 1.29 is 0 Å². The molecule has 1 aliphatic rings. The lowest BCUT2D eigenvalue weighted by molar-refractivity contribution is 0.318. The van der Waals surface area contributed by atoms with Crippen LogP contribution in [0.1, 0.15) is 48.3 Å². The highest BCUT2D eigenvalue weighted by Gasteiger charge is 2.26. The van der Waals surface area contributed by atoms with E-state index >= 15 is 0 Å². The Morgan fingerprint density at radius 1 is 1.28 bits per heavy atom. The van der Waals surface area contributed by atoms with E-state index in [1.165, 1.54) is 29.7 Å². The fourth-order valence-corrected chi connectivity index (χ4v) is 4.82. The molecule has 0 saturated carbocycles. The van der Waals surface area contributed by atoms with Crippen LogP contribution in [0, 0.1) is 5.41 Å². The van der Waals surface area contributed by atoms with Crippen molar-refractivity contribution in [2.45, 2.75) is 53.1 Å². The number of rotatable bonds is 5. The molecule has 4 rings (SSSR count). The number of aliphatic imine (C=N–C) groups is 1. The van der Waals surface area contributed by atoms with Crippen LogP contribution in [-0.4, -0.2) is 27.1 Å². The van der Waals surface area contributed by atoms with Gasteiger partial charge < -0.3 is 10.6 Å². The Morgan fingerprint density at radius 3 is 2.97 bits per heavy atom. The maximum Gasteiger partial charge on any atom is 0.191 e. The van der Waals surface area contributed by atoms with Gasteiger partial charge in [-0.3, -0.25) is 4.40 Å². The van der Waals surface area contributed by atoms with Gasteiger partial charge in [-0.15, -0.1) is 45.5 Å². The average Bonchev–Trinajstić information content (AvgIpc) is 3.26. The normalized spacial score (nSPS) is 15.6. The molecule has 156 valence electrons. The van der Waals surface area contributed by atoms with E-state index in [0.29, 0.717) is 12.0 Å². The molecule has 0 unspecified atom stereocenters. The fraction of sp³-hybridized carbons (Fsp3) is 0.476. The molecule has 0 fully saturated rings. The number of halogens is 1. The first-order valence-corrected chi connectivity index (χ1v) is 10.8. The lowest BCUT2D eigenvalue weighted by Crippen LogP contribution is -2.36. The maximum atomic E-state index is 4.70. The van der Waals surface area contributed by atoms with Crippen molar-refractivity contribution in [1.29, 1.82) is 0 Å². The van der Waals surface area contributed by atoms with E-state index in [0.717, 1.165) is 30.5 Å². The third-order valence-electron chi connectivity index (χ3n) is 5.18. The van der Waals surface area contributed by atoms with Gasteiger partial charge >= 0.3 is 0 Å². The van der Waals surface area contributed by atoms with Gasteiger partial charge in [-0.25, -0.2) is 4.99 Å². The summed E-state index contributed by atoms with van der Waals surface area (Å²) in [7, 11) is 0. The number of aryl methyl sites for hydroxylation is 1. The van der Waals surface area contributed by atoms with E-state index in [-0.39, 0.29) is 24.0 Å². The number of guanidine groups is 1. The first-order valence-electron chi connectivity index (χ1n) is 9.95. The van der Waals surface area contributed by atoms with Crippen molar-refractivity contribution in [1.82, 2.24) is 25.2 Å². The van der Waals surface area contributed by atoms with Crippen LogP contribution in [0.5, 0.6) is 0 Å². The van der Waals surface area contributed by atoms with Gasteiger partial charge in [-0.1, -0.05) is 19.9 Å². The molecule has 0 bridgehead atoms. The summed E-state index contributed by atoms with van der Waals surface area (Å²) >= 11 is 1.94. The second-order valence-corrected chi connectivity index (χ2v) is 9.32. The Balaban J connectivity index is 0.00000240. The maximum absolute atomic E-state index is 4.70. The van der Waals surface area contributed by atoms with E-state index in [1.807, 2.05) is 40.1 Å². The highest BCUT2D eigenvalue weighted by Crippen LogP contribution is 2.38. The molecular weight excluding hydrogens is 495 g/mol. The molecule has 0 saturated heterocycles. The minimum absolute atomic E-state index is 0. The lowest BCUT2D eigenvalue weighted by Gasteiger charge is -2.29. The Kier molecular flexibility index (Phi) is 7.15. The number of nitrogens with zero attached hydrogens (tertiary/aromatic N) is 4. The van der Waals surface area contributed by atoms with Gasteiger partial charge in [-0.05, 0) is 55.4 Å². The summed E-state index contributed by atoms with van der Waals surface area (Å²) in [6.45, 7) is 8.92. The van der Waals surface area contributed by atoms with Crippen LogP contribution in [0.4, 0.5) is 0 Å². The standard InChI is InChI=1S/C21H28N6S.HI/c1-4-22-20(24-14-19-26-25-18-7-5-6-10-27(18)19)23-13-16-11-15-12-21(2,3)9-8-17(15)28-16;/h5-7,10-11H,4,8-9,12-14H2,1-3H3,(H2,22,23,24);1H. The Morgan fingerprint density at radius 2 is 2.14 bits per heavy atom. The van der Waals surface area contributed by atoms with Crippen LogP contribution in [0.25, 0.3) is 5.65 Å². The van der Waals surface area contributed by atoms with Crippen LogP contribution < -0.4 is 10.6 Å². The zero-order valence-electron chi connectivity index (χ0n) is 17.2. The van der Waals surface area contributed by atoms with Gasteiger partial charge in [0, 0.05) is 22.5 Å². The molecule has 0 aromatic carbocycles.